The maximum absolute atomic E-state index is 11.6. The second-order valence-corrected chi connectivity index (χ2v) is 11.6. The van der Waals surface area contributed by atoms with Gasteiger partial charge in [0, 0.05) is 58.5 Å². The molecule has 2 aromatic heterocycles. The van der Waals surface area contributed by atoms with Gasteiger partial charge in [0.05, 0.1) is 34.4 Å². The van der Waals surface area contributed by atoms with Crippen LogP contribution in [0.25, 0.3) is 5.65 Å². The maximum Gasteiger partial charge on any atom is 0.269 e. The lowest BCUT2D eigenvalue weighted by Crippen LogP contribution is -2.09. The Morgan fingerprint density at radius 3 is 2.38 bits per heavy atom. The normalized spacial score (nSPS) is 12.6. The van der Waals surface area contributed by atoms with Gasteiger partial charge in [0.15, 0.2) is 5.65 Å². The van der Waals surface area contributed by atoms with Crippen molar-refractivity contribution in [2.75, 3.05) is 23.1 Å². The van der Waals surface area contributed by atoms with E-state index in [1.165, 1.54) is 36.2 Å². The van der Waals surface area contributed by atoms with Gasteiger partial charge in [-0.2, -0.15) is 37.2 Å². The molecule has 1 saturated carbocycles. The number of hydrogen-bond donors (Lipinski definition) is 2. The van der Waals surface area contributed by atoms with Crippen molar-refractivity contribution in [1.82, 2.24) is 14.6 Å². The van der Waals surface area contributed by atoms with Gasteiger partial charge in [0.2, 0.25) is 0 Å². The molecule has 0 amide bonds. The molecule has 1 aliphatic rings. The Bertz CT molecular complexity index is 1800. The number of nitriles is 3. The van der Waals surface area contributed by atoms with E-state index in [4.69, 9.17) is 5.26 Å². The molecule has 0 saturated heterocycles. The van der Waals surface area contributed by atoms with E-state index < -0.39 is 15.7 Å². The van der Waals surface area contributed by atoms with Crippen LogP contribution in [0.15, 0.2) is 48.7 Å². The van der Waals surface area contributed by atoms with Crippen molar-refractivity contribution >= 4 is 51.2 Å². The lowest BCUT2D eigenvalue weighted by Gasteiger charge is -2.12. The molecular formula is C28H25N9O3S2. The molecule has 0 radical (unpaired) electrons. The summed E-state index contributed by atoms with van der Waals surface area (Å²) in [6.07, 6.45) is 7.20. The van der Waals surface area contributed by atoms with Crippen LogP contribution in [0.2, 0.25) is 0 Å². The van der Waals surface area contributed by atoms with Crippen molar-refractivity contribution in [3.63, 3.8) is 0 Å². The third kappa shape index (κ3) is 7.40. The van der Waals surface area contributed by atoms with E-state index in [2.05, 4.69) is 32.9 Å². The standard InChI is InChI=1S/C19H17N7OS.C9H8N2O2S/c1-28(27)11-13-6-16(3-2-12(13)8-20)23-17-7-18(24-15-4-5-15)26-19(25-17)14(9-21)10-22-26;1-14-6-8-4-9(11(12)13)3-2-7(8)5-10/h2-3,6-7,10,15,24H,4-5,11H2,1H3,(H,23,25);2-4H,6H2,1H3. The highest BCUT2D eigenvalue weighted by Crippen LogP contribution is 2.28. The maximum atomic E-state index is 11.6. The largest absolute Gasteiger partial charge is 0.367 e. The summed E-state index contributed by atoms with van der Waals surface area (Å²) >= 11 is 1.53. The van der Waals surface area contributed by atoms with Crippen molar-refractivity contribution in [3.8, 4) is 18.2 Å². The van der Waals surface area contributed by atoms with Gasteiger partial charge in [-0.25, -0.2) is 4.98 Å². The van der Waals surface area contributed by atoms with Crippen LogP contribution in [0.1, 0.15) is 40.7 Å². The van der Waals surface area contributed by atoms with E-state index in [9.17, 15) is 24.8 Å². The third-order valence-corrected chi connectivity index (χ3v) is 7.42. The van der Waals surface area contributed by atoms with E-state index >= 15 is 0 Å². The second kappa shape index (κ2) is 13.6. The summed E-state index contributed by atoms with van der Waals surface area (Å²) in [4.78, 5) is 14.5. The van der Waals surface area contributed by atoms with Crippen molar-refractivity contribution in [1.29, 1.82) is 15.8 Å². The number of hydrogen-bond acceptors (Lipinski definition) is 11. The van der Waals surface area contributed by atoms with Crippen LogP contribution in [0, 0.1) is 44.1 Å². The zero-order chi connectivity index (χ0) is 30.2. The summed E-state index contributed by atoms with van der Waals surface area (Å²) in [5.41, 5.74) is 4.07. The van der Waals surface area contributed by atoms with Gasteiger partial charge >= 0.3 is 0 Å². The first-order chi connectivity index (χ1) is 20.3. The minimum absolute atomic E-state index is 0.0352. The van der Waals surface area contributed by atoms with Gasteiger partial charge in [-0.1, -0.05) is 0 Å². The first-order valence-corrected chi connectivity index (χ1v) is 15.7. The smallest absolute Gasteiger partial charge is 0.269 e. The van der Waals surface area contributed by atoms with Crippen molar-refractivity contribution in [2.24, 2.45) is 0 Å². The van der Waals surface area contributed by atoms with E-state index in [0.717, 1.165) is 24.3 Å². The number of fused-ring (bicyclic) bond motifs is 1. The lowest BCUT2D eigenvalue weighted by molar-refractivity contribution is -0.384. The number of rotatable bonds is 9. The molecule has 1 fully saturated rings. The average molecular weight is 600 g/mol. The predicted molar refractivity (Wildman–Crippen MR) is 162 cm³/mol. The predicted octanol–water partition coefficient (Wildman–Crippen LogP) is 5.00. The number of non-ortho nitro benzene ring substituents is 1. The zero-order valence-corrected chi connectivity index (χ0v) is 24.3. The quantitative estimate of drug-likeness (QED) is 0.195. The summed E-state index contributed by atoms with van der Waals surface area (Å²) in [7, 11) is -1.06. The Morgan fingerprint density at radius 1 is 1.07 bits per heavy atom. The van der Waals surface area contributed by atoms with Gasteiger partial charge in [-0.15, -0.1) is 0 Å². The van der Waals surface area contributed by atoms with Crippen LogP contribution in [-0.4, -0.2) is 42.3 Å². The number of anilines is 3. The zero-order valence-electron chi connectivity index (χ0n) is 22.7. The Labute approximate surface area is 248 Å². The summed E-state index contributed by atoms with van der Waals surface area (Å²) in [6.45, 7) is 0. The molecule has 1 aliphatic carbocycles. The van der Waals surface area contributed by atoms with Crippen LogP contribution < -0.4 is 10.6 Å². The molecule has 4 aromatic rings. The number of nitrogens with one attached hydrogen (secondary N) is 2. The number of aromatic nitrogens is 3. The second-order valence-electron chi connectivity index (χ2n) is 9.32. The molecule has 42 heavy (non-hydrogen) atoms. The van der Waals surface area contributed by atoms with Crippen LogP contribution in [-0.2, 0) is 22.3 Å². The number of benzene rings is 2. The molecular weight excluding hydrogens is 575 g/mol. The molecule has 14 heteroatoms. The summed E-state index contributed by atoms with van der Waals surface area (Å²) in [6, 6.07) is 18.1. The van der Waals surface area contributed by atoms with E-state index in [1.807, 2.05) is 18.4 Å². The van der Waals surface area contributed by atoms with Crippen LogP contribution in [0.4, 0.5) is 23.0 Å². The van der Waals surface area contributed by atoms with Gasteiger partial charge in [0.25, 0.3) is 5.69 Å². The Balaban J connectivity index is 0.000000244. The summed E-state index contributed by atoms with van der Waals surface area (Å²) in [5, 5.41) is 48.7. The highest BCUT2D eigenvalue weighted by Gasteiger charge is 2.23. The Morgan fingerprint density at radius 2 is 1.76 bits per heavy atom. The fraction of sp³-hybridized carbons (Fsp3) is 0.250. The van der Waals surface area contributed by atoms with Gasteiger partial charge in [-0.3, -0.25) is 14.3 Å². The molecule has 2 N–H and O–H groups in total. The summed E-state index contributed by atoms with van der Waals surface area (Å²) in [5.74, 6) is 2.24. The molecule has 0 bridgehead atoms. The Hall–Kier alpha value is -4.97. The lowest BCUT2D eigenvalue weighted by atomic mass is 10.1. The highest BCUT2D eigenvalue weighted by molar-refractivity contribution is 7.97. The van der Waals surface area contributed by atoms with Crippen LogP contribution >= 0.6 is 11.8 Å². The van der Waals surface area contributed by atoms with Gasteiger partial charge < -0.3 is 10.6 Å². The monoisotopic (exact) mass is 599 g/mol. The van der Waals surface area contributed by atoms with E-state index in [-0.39, 0.29) is 5.69 Å². The average Bonchev–Trinajstić information content (AvgIpc) is 3.69. The topological polar surface area (TPSA) is 186 Å². The van der Waals surface area contributed by atoms with Crippen molar-refractivity contribution in [2.45, 2.75) is 30.4 Å². The minimum Gasteiger partial charge on any atom is -0.367 e. The van der Waals surface area contributed by atoms with Gasteiger partial charge in [-0.05, 0) is 54.5 Å². The Kier molecular flexibility index (Phi) is 9.71. The third-order valence-electron chi connectivity index (χ3n) is 6.10. The molecule has 0 spiro atoms. The molecule has 12 nitrogen and oxygen atoms in total. The van der Waals surface area contributed by atoms with E-state index in [1.54, 1.807) is 29.0 Å². The molecule has 212 valence electrons. The van der Waals surface area contributed by atoms with Crippen LogP contribution in [0.3, 0.4) is 0 Å². The fourth-order valence-electron chi connectivity index (χ4n) is 3.99. The molecule has 1 unspecified atom stereocenters. The first kappa shape index (κ1) is 30.0. The number of nitro benzene ring substituents is 1. The molecule has 0 aliphatic heterocycles. The SMILES string of the molecule is CS(=O)Cc1cc(Nc2cc(NC3CC3)n3ncc(C#N)c3n2)ccc1C#N.CSCc1cc([N+](=O)[O-])ccc1C#N. The number of nitro groups is 1. The highest BCUT2D eigenvalue weighted by atomic mass is 32.2. The molecule has 1 atom stereocenters. The number of thioether (sulfide) groups is 1. The fourth-order valence-corrected chi connectivity index (χ4v) is 5.22. The van der Waals surface area contributed by atoms with Crippen molar-refractivity contribution < 1.29 is 9.13 Å². The van der Waals surface area contributed by atoms with E-state index in [0.29, 0.717) is 56.8 Å². The molecule has 5 rings (SSSR count). The molecule has 2 aromatic carbocycles. The van der Waals surface area contributed by atoms with Crippen molar-refractivity contribution in [3.05, 3.63) is 86.6 Å². The summed E-state index contributed by atoms with van der Waals surface area (Å²) < 4.78 is 13.2. The minimum atomic E-state index is -1.06. The van der Waals surface area contributed by atoms with Crippen LogP contribution in [0.5, 0.6) is 0 Å². The number of nitrogens with zero attached hydrogens (tertiary/aromatic N) is 7. The first-order valence-electron chi connectivity index (χ1n) is 12.6. The molecule has 2 heterocycles. The van der Waals surface area contributed by atoms with Gasteiger partial charge in [0.1, 0.15) is 23.3 Å².